The van der Waals surface area contributed by atoms with E-state index in [1.54, 1.807) is 0 Å². The number of terminal acetylenes is 2. The van der Waals surface area contributed by atoms with Gasteiger partial charge in [0, 0.05) is 0 Å². The molecule has 4 nitrogen and oxygen atoms in total. The molecule has 0 bridgehead atoms. The molecule has 0 aliphatic carbocycles. The van der Waals surface area contributed by atoms with E-state index in [1.165, 1.54) is 0 Å². The van der Waals surface area contributed by atoms with Crippen LogP contribution in [0.2, 0.25) is 0 Å². The topological polar surface area (TPSA) is 68.3 Å². The average molecular weight is 288 g/mol. The van der Waals surface area contributed by atoms with Gasteiger partial charge in [-0.05, 0) is 47.4 Å². The summed E-state index contributed by atoms with van der Waals surface area (Å²) in [6.45, 7) is 0. The van der Waals surface area contributed by atoms with Crippen LogP contribution in [0, 0.1) is 60.2 Å². The van der Waals surface area contributed by atoms with Gasteiger partial charge in [-0.2, -0.15) is 19.2 Å². The summed E-state index contributed by atoms with van der Waals surface area (Å²) in [6.07, 6.45) is 10.1. The van der Waals surface area contributed by atoms with Gasteiger partial charge in [0.25, 0.3) is 0 Å². The van der Waals surface area contributed by atoms with Gasteiger partial charge in [-0.25, -0.2) is 0 Å². The summed E-state index contributed by atoms with van der Waals surface area (Å²) in [5.41, 5.74) is 0. The molecule has 1 rings (SSSR count). The SMILES string of the molecule is C#CC#CC#CC#CC#C.O=C=O.O=C=O.c1ccccc1. The smallest absolute Gasteiger partial charge is 0.186 e. The first-order valence-electron chi connectivity index (χ1n) is 5.14. The zero-order chi connectivity index (χ0) is 17.3. The fraction of sp³-hybridized carbons (Fsp3) is 0. The van der Waals surface area contributed by atoms with Gasteiger partial charge in [0.15, 0.2) is 0 Å². The molecule has 0 fully saturated rings. The lowest BCUT2D eigenvalue weighted by Gasteiger charge is -1.69. The highest BCUT2D eigenvalue weighted by Gasteiger charge is 1.57. The quantitative estimate of drug-likeness (QED) is 0.662. The Balaban J connectivity index is -0.000000254. The molecule has 1 aromatic rings. The molecule has 4 heteroatoms. The lowest BCUT2D eigenvalue weighted by molar-refractivity contribution is -0.193. The van der Waals surface area contributed by atoms with Gasteiger partial charge in [0.2, 0.25) is 0 Å². The zero-order valence-corrected chi connectivity index (χ0v) is 11.3. The predicted molar refractivity (Wildman–Crippen MR) is 77.5 cm³/mol. The van der Waals surface area contributed by atoms with Gasteiger partial charge in [-0.3, -0.25) is 0 Å². The van der Waals surface area contributed by atoms with Crippen molar-refractivity contribution in [2.45, 2.75) is 0 Å². The van der Waals surface area contributed by atoms with Crippen LogP contribution in [0.25, 0.3) is 0 Å². The van der Waals surface area contributed by atoms with Gasteiger partial charge in [0.1, 0.15) is 0 Å². The summed E-state index contributed by atoms with van der Waals surface area (Å²) in [4.78, 5) is 32.5. The van der Waals surface area contributed by atoms with Crippen LogP contribution in [0.5, 0.6) is 0 Å². The maximum atomic E-state index is 8.12. The van der Waals surface area contributed by atoms with Crippen molar-refractivity contribution < 1.29 is 19.2 Å². The number of rotatable bonds is 0. The second kappa shape index (κ2) is 30.1. The molecule has 22 heavy (non-hydrogen) atoms. The van der Waals surface area contributed by atoms with Crippen molar-refractivity contribution in [3.63, 3.8) is 0 Å². The minimum Gasteiger partial charge on any atom is -0.186 e. The number of hydrogen-bond acceptors (Lipinski definition) is 4. The van der Waals surface area contributed by atoms with E-state index >= 15 is 0 Å². The third-order valence-electron chi connectivity index (χ3n) is 1.12. The van der Waals surface area contributed by atoms with Crippen LogP contribution in [-0.2, 0) is 19.2 Å². The van der Waals surface area contributed by atoms with Crippen molar-refractivity contribution in [3.05, 3.63) is 36.4 Å². The molecular weight excluding hydrogens is 280 g/mol. The Morgan fingerprint density at radius 3 is 0.818 bits per heavy atom. The second-order valence-corrected chi connectivity index (χ2v) is 2.36. The van der Waals surface area contributed by atoms with E-state index in [0.29, 0.717) is 0 Å². The Kier molecular flexibility index (Phi) is 31.4. The molecule has 0 heterocycles. The van der Waals surface area contributed by atoms with Crippen LogP contribution < -0.4 is 0 Å². The maximum absolute atomic E-state index is 8.12. The molecule has 0 atom stereocenters. The number of benzene rings is 1. The molecule has 0 radical (unpaired) electrons. The van der Waals surface area contributed by atoms with Gasteiger partial charge in [-0.15, -0.1) is 12.8 Å². The summed E-state index contributed by atoms with van der Waals surface area (Å²) < 4.78 is 0. The van der Waals surface area contributed by atoms with Gasteiger partial charge in [0.05, 0.1) is 0 Å². The lowest BCUT2D eigenvalue weighted by Crippen LogP contribution is -1.51. The fourth-order valence-electron chi connectivity index (χ4n) is 0.582. The van der Waals surface area contributed by atoms with Crippen molar-refractivity contribution in [3.8, 4) is 60.2 Å². The van der Waals surface area contributed by atoms with E-state index in [2.05, 4.69) is 47.4 Å². The average Bonchev–Trinajstić information content (AvgIpc) is 2.55. The molecule has 0 saturated carbocycles. The minimum absolute atomic E-state index is 0.250. The van der Waals surface area contributed by atoms with E-state index in [0.717, 1.165) is 0 Å². The Hall–Kier alpha value is -4.22. The van der Waals surface area contributed by atoms with Crippen molar-refractivity contribution >= 4 is 12.3 Å². The van der Waals surface area contributed by atoms with E-state index < -0.39 is 0 Å². The molecule has 0 saturated heterocycles. The maximum Gasteiger partial charge on any atom is 0.373 e. The summed E-state index contributed by atoms with van der Waals surface area (Å²) in [6, 6.07) is 12.0. The van der Waals surface area contributed by atoms with Crippen molar-refractivity contribution in [2.75, 3.05) is 0 Å². The zero-order valence-electron chi connectivity index (χ0n) is 11.3. The molecule has 0 amide bonds. The fourth-order valence-corrected chi connectivity index (χ4v) is 0.582. The van der Waals surface area contributed by atoms with E-state index in [-0.39, 0.29) is 12.3 Å². The van der Waals surface area contributed by atoms with Gasteiger partial charge < -0.3 is 0 Å². The predicted octanol–water partition coefficient (Wildman–Crippen LogP) is 0.783. The normalized spacial score (nSPS) is 4.45. The summed E-state index contributed by atoms with van der Waals surface area (Å²) in [5.74, 6) is 18.4. The molecule has 1 aromatic carbocycles. The van der Waals surface area contributed by atoms with Gasteiger partial charge >= 0.3 is 12.3 Å². The third kappa shape index (κ3) is 44.7. The van der Waals surface area contributed by atoms with Gasteiger partial charge in [-0.1, -0.05) is 36.4 Å². The second-order valence-electron chi connectivity index (χ2n) is 2.36. The molecule has 0 aliphatic heterocycles. The first kappa shape index (κ1) is 22.9. The molecular formula is C18H8O4. The van der Waals surface area contributed by atoms with E-state index in [1.807, 2.05) is 36.4 Å². The Morgan fingerprint density at radius 2 is 0.636 bits per heavy atom. The van der Waals surface area contributed by atoms with E-state index in [9.17, 15) is 0 Å². The largest absolute Gasteiger partial charge is 0.373 e. The van der Waals surface area contributed by atoms with E-state index in [4.69, 9.17) is 32.0 Å². The molecule has 0 aromatic heterocycles. The summed E-state index contributed by atoms with van der Waals surface area (Å²) >= 11 is 0. The first-order valence-corrected chi connectivity index (χ1v) is 5.14. The third-order valence-corrected chi connectivity index (χ3v) is 1.12. The van der Waals surface area contributed by atoms with Crippen LogP contribution in [0.3, 0.4) is 0 Å². The first-order chi connectivity index (χ1) is 10.7. The standard InChI is InChI=1S/C10H2.C6H6.2CO2/c1-3-5-7-9-10-8-6-4-2;1-2-4-6-5-3-1;2*2-1-3/h1-2H;1-6H;;. The highest BCUT2D eigenvalue weighted by atomic mass is 16.2. The summed E-state index contributed by atoms with van der Waals surface area (Å²) in [7, 11) is 0. The molecule has 0 spiro atoms. The Morgan fingerprint density at radius 1 is 0.455 bits per heavy atom. The molecule has 0 unspecified atom stereocenters. The van der Waals surface area contributed by atoms with Crippen molar-refractivity contribution in [1.82, 2.24) is 0 Å². The molecule has 0 aliphatic rings. The minimum atomic E-state index is 0.250. The van der Waals surface area contributed by atoms with Crippen LogP contribution in [0.4, 0.5) is 0 Å². The van der Waals surface area contributed by atoms with Crippen LogP contribution in [0.1, 0.15) is 0 Å². The molecule has 104 valence electrons. The summed E-state index contributed by atoms with van der Waals surface area (Å²) in [5, 5.41) is 0. The van der Waals surface area contributed by atoms with Crippen molar-refractivity contribution in [2.24, 2.45) is 0 Å². The van der Waals surface area contributed by atoms with Crippen LogP contribution >= 0.6 is 0 Å². The van der Waals surface area contributed by atoms with Crippen LogP contribution in [0.15, 0.2) is 36.4 Å². The highest BCUT2D eigenvalue weighted by molar-refractivity contribution is 5.41. The highest BCUT2D eigenvalue weighted by Crippen LogP contribution is 1.79. The van der Waals surface area contributed by atoms with Crippen molar-refractivity contribution in [1.29, 1.82) is 0 Å². The monoisotopic (exact) mass is 288 g/mol. The Bertz CT molecular complexity index is 641. The Labute approximate surface area is 128 Å². The molecule has 0 N–H and O–H groups in total. The number of hydrogen-bond donors (Lipinski definition) is 0. The van der Waals surface area contributed by atoms with Crippen LogP contribution in [-0.4, -0.2) is 12.3 Å². The number of carbonyl (C=O) groups excluding carboxylic acids is 4. The lowest BCUT2D eigenvalue weighted by atomic mass is 10.4.